The van der Waals surface area contributed by atoms with Crippen LogP contribution >= 0.6 is 0 Å². The molecule has 2 fully saturated rings. The summed E-state index contributed by atoms with van der Waals surface area (Å²) in [5, 5.41) is 0. The Bertz CT molecular complexity index is 453. The average Bonchev–Trinajstić information content (AvgIpc) is 3.11. The highest BCUT2D eigenvalue weighted by atomic mass is 15.3. The lowest BCUT2D eigenvalue weighted by atomic mass is 10.1. The standard InChI is InChI=1S/C20H33N3/c1-3-21-13-15-22(16-14-21)20-11-12-23(17-20)18(2)9-10-19-7-5-4-6-8-19/h4-8,18,20H,3,9-17H2,1-2H3/t18-,20+/m0/s1. The van der Waals surface area contributed by atoms with Crippen LogP contribution in [0.4, 0.5) is 0 Å². The van der Waals surface area contributed by atoms with Crippen LogP contribution in [-0.2, 0) is 6.42 Å². The van der Waals surface area contributed by atoms with Crippen molar-refractivity contribution in [3.05, 3.63) is 35.9 Å². The predicted octanol–water partition coefficient (Wildman–Crippen LogP) is 2.72. The number of benzene rings is 1. The summed E-state index contributed by atoms with van der Waals surface area (Å²) in [6.07, 6.45) is 3.85. The molecule has 0 aromatic heterocycles. The molecular formula is C20H33N3. The third-order valence-electron chi connectivity index (χ3n) is 5.88. The van der Waals surface area contributed by atoms with E-state index in [0.717, 1.165) is 6.04 Å². The molecule has 0 spiro atoms. The van der Waals surface area contributed by atoms with Gasteiger partial charge in [-0.25, -0.2) is 0 Å². The van der Waals surface area contributed by atoms with Gasteiger partial charge in [0.2, 0.25) is 0 Å². The van der Waals surface area contributed by atoms with Gasteiger partial charge in [0.1, 0.15) is 0 Å². The van der Waals surface area contributed by atoms with E-state index in [1.54, 1.807) is 0 Å². The minimum absolute atomic E-state index is 0.706. The van der Waals surface area contributed by atoms with Crippen LogP contribution in [0.3, 0.4) is 0 Å². The van der Waals surface area contributed by atoms with Crippen molar-refractivity contribution < 1.29 is 0 Å². The monoisotopic (exact) mass is 315 g/mol. The first-order valence-corrected chi connectivity index (χ1v) is 9.50. The number of rotatable bonds is 6. The summed E-state index contributed by atoms with van der Waals surface area (Å²) >= 11 is 0. The van der Waals surface area contributed by atoms with Crippen LogP contribution in [0.1, 0.15) is 32.3 Å². The van der Waals surface area contributed by atoms with Crippen LogP contribution < -0.4 is 0 Å². The molecule has 0 unspecified atom stereocenters. The molecule has 1 aromatic carbocycles. The third kappa shape index (κ3) is 4.56. The molecule has 2 aliphatic rings. The zero-order valence-corrected chi connectivity index (χ0v) is 15.0. The van der Waals surface area contributed by atoms with Crippen molar-refractivity contribution in [2.75, 3.05) is 45.8 Å². The van der Waals surface area contributed by atoms with Crippen molar-refractivity contribution in [2.24, 2.45) is 0 Å². The van der Waals surface area contributed by atoms with Gasteiger partial charge in [-0.2, -0.15) is 0 Å². The highest BCUT2D eigenvalue weighted by Crippen LogP contribution is 2.21. The maximum absolute atomic E-state index is 2.75. The molecule has 2 atom stereocenters. The number of nitrogens with zero attached hydrogens (tertiary/aromatic N) is 3. The Morgan fingerprint density at radius 3 is 2.48 bits per heavy atom. The molecule has 23 heavy (non-hydrogen) atoms. The zero-order chi connectivity index (χ0) is 16.1. The molecule has 0 aliphatic carbocycles. The molecular weight excluding hydrogens is 282 g/mol. The van der Waals surface area contributed by atoms with Gasteiger partial charge in [-0.15, -0.1) is 0 Å². The number of hydrogen-bond donors (Lipinski definition) is 0. The molecule has 2 aliphatic heterocycles. The summed E-state index contributed by atoms with van der Waals surface area (Å²) < 4.78 is 0. The van der Waals surface area contributed by atoms with E-state index in [0.29, 0.717) is 6.04 Å². The maximum Gasteiger partial charge on any atom is 0.0236 e. The van der Waals surface area contributed by atoms with E-state index in [1.165, 1.54) is 70.6 Å². The Hall–Kier alpha value is -0.900. The van der Waals surface area contributed by atoms with Gasteiger partial charge < -0.3 is 4.90 Å². The molecule has 0 saturated carbocycles. The average molecular weight is 316 g/mol. The van der Waals surface area contributed by atoms with Crippen LogP contribution in [0.25, 0.3) is 0 Å². The van der Waals surface area contributed by atoms with Crippen molar-refractivity contribution in [1.82, 2.24) is 14.7 Å². The van der Waals surface area contributed by atoms with Gasteiger partial charge in [0.15, 0.2) is 0 Å². The Kier molecular flexibility index (Phi) is 6.09. The van der Waals surface area contributed by atoms with Crippen LogP contribution in [0.15, 0.2) is 30.3 Å². The fourth-order valence-corrected chi connectivity index (χ4v) is 4.11. The molecule has 3 nitrogen and oxygen atoms in total. The molecule has 3 rings (SSSR count). The number of likely N-dealkylation sites (N-methyl/N-ethyl adjacent to an activating group) is 1. The van der Waals surface area contributed by atoms with E-state index in [9.17, 15) is 0 Å². The molecule has 3 heteroatoms. The van der Waals surface area contributed by atoms with E-state index < -0.39 is 0 Å². The molecule has 2 heterocycles. The number of piperazine rings is 1. The number of hydrogen-bond acceptors (Lipinski definition) is 3. The minimum atomic E-state index is 0.706. The molecule has 2 saturated heterocycles. The molecule has 0 bridgehead atoms. The van der Waals surface area contributed by atoms with Crippen molar-refractivity contribution in [1.29, 1.82) is 0 Å². The van der Waals surface area contributed by atoms with E-state index >= 15 is 0 Å². The maximum atomic E-state index is 2.75. The molecule has 128 valence electrons. The summed E-state index contributed by atoms with van der Waals surface area (Å²) in [7, 11) is 0. The fraction of sp³-hybridized carbons (Fsp3) is 0.700. The molecule has 0 amide bonds. The highest BCUT2D eigenvalue weighted by molar-refractivity contribution is 5.14. The quantitative estimate of drug-likeness (QED) is 0.799. The van der Waals surface area contributed by atoms with Gasteiger partial charge in [-0.3, -0.25) is 9.80 Å². The summed E-state index contributed by atoms with van der Waals surface area (Å²) in [6, 6.07) is 12.4. The largest absolute Gasteiger partial charge is 0.301 e. The predicted molar refractivity (Wildman–Crippen MR) is 97.9 cm³/mol. The Labute approximate surface area is 142 Å². The van der Waals surface area contributed by atoms with Crippen LogP contribution in [-0.4, -0.2) is 72.6 Å². The van der Waals surface area contributed by atoms with E-state index in [4.69, 9.17) is 0 Å². The van der Waals surface area contributed by atoms with Gasteiger partial charge in [-0.05, 0) is 38.3 Å². The van der Waals surface area contributed by atoms with Crippen molar-refractivity contribution >= 4 is 0 Å². The SMILES string of the molecule is CCN1CCN([C@@H]2CCN([C@@H](C)CCc3ccccc3)C2)CC1. The van der Waals surface area contributed by atoms with E-state index in [-0.39, 0.29) is 0 Å². The Morgan fingerprint density at radius 1 is 1.04 bits per heavy atom. The lowest BCUT2D eigenvalue weighted by molar-refractivity contribution is 0.0980. The smallest absolute Gasteiger partial charge is 0.0236 e. The summed E-state index contributed by atoms with van der Waals surface area (Å²) in [5.74, 6) is 0. The van der Waals surface area contributed by atoms with Gasteiger partial charge in [-0.1, -0.05) is 37.3 Å². The summed E-state index contributed by atoms with van der Waals surface area (Å²) in [4.78, 5) is 8.04. The normalized spacial score (nSPS) is 25.7. The summed E-state index contributed by atoms with van der Waals surface area (Å²) in [5.41, 5.74) is 1.48. The van der Waals surface area contributed by atoms with Gasteiger partial charge in [0.25, 0.3) is 0 Å². The summed E-state index contributed by atoms with van der Waals surface area (Å²) in [6.45, 7) is 13.5. The van der Waals surface area contributed by atoms with Crippen LogP contribution in [0.2, 0.25) is 0 Å². The van der Waals surface area contributed by atoms with E-state index in [1.807, 2.05) is 0 Å². The van der Waals surface area contributed by atoms with Gasteiger partial charge >= 0.3 is 0 Å². The van der Waals surface area contributed by atoms with Crippen LogP contribution in [0.5, 0.6) is 0 Å². The fourth-order valence-electron chi connectivity index (χ4n) is 4.11. The molecule has 1 aromatic rings. The lowest BCUT2D eigenvalue weighted by Gasteiger charge is -2.37. The second-order valence-electron chi connectivity index (χ2n) is 7.28. The molecule has 0 radical (unpaired) electrons. The third-order valence-corrected chi connectivity index (χ3v) is 5.88. The lowest BCUT2D eigenvalue weighted by Crippen LogP contribution is -2.51. The number of aryl methyl sites for hydroxylation is 1. The zero-order valence-electron chi connectivity index (χ0n) is 15.0. The Balaban J connectivity index is 1.42. The number of likely N-dealkylation sites (tertiary alicyclic amines) is 1. The van der Waals surface area contributed by atoms with Crippen molar-refractivity contribution in [3.8, 4) is 0 Å². The second-order valence-corrected chi connectivity index (χ2v) is 7.28. The van der Waals surface area contributed by atoms with Gasteiger partial charge in [0, 0.05) is 51.4 Å². The van der Waals surface area contributed by atoms with Crippen molar-refractivity contribution in [3.63, 3.8) is 0 Å². The van der Waals surface area contributed by atoms with Crippen LogP contribution in [0, 0.1) is 0 Å². The Morgan fingerprint density at radius 2 is 1.78 bits per heavy atom. The van der Waals surface area contributed by atoms with E-state index in [2.05, 4.69) is 58.9 Å². The molecule has 0 N–H and O–H groups in total. The second kappa shape index (κ2) is 8.27. The van der Waals surface area contributed by atoms with Gasteiger partial charge in [0.05, 0.1) is 0 Å². The van der Waals surface area contributed by atoms with Crippen molar-refractivity contribution in [2.45, 2.75) is 45.2 Å². The first-order chi connectivity index (χ1) is 11.3. The first kappa shape index (κ1) is 16.9. The first-order valence-electron chi connectivity index (χ1n) is 9.50. The minimum Gasteiger partial charge on any atom is -0.301 e. The highest BCUT2D eigenvalue weighted by Gasteiger charge is 2.31. The topological polar surface area (TPSA) is 9.72 Å².